The van der Waals surface area contributed by atoms with Crippen LogP contribution in [0.25, 0.3) is 0 Å². The molecule has 0 heterocycles. The Bertz CT molecular complexity index is 603. The van der Waals surface area contributed by atoms with Gasteiger partial charge in [0, 0.05) is 23.7 Å². The van der Waals surface area contributed by atoms with Gasteiger partial charge in [-0.3, -0.25) is 4.79 Å². The van der Waals surface area contributed by atoms with E-state index in [0.29, 0.717) is 19.4 Å². The molecule has 0 radical (unpaired) electrons. The molecule has 0 fully saturated rings. The third kappa shape index (κ3) is 6.72. The molecule has 0 aromatic heterocycles. The Hall–Kier alpha value is -2.04. The lowest BCUT2D eigenvalue weighted by molar-refractivity contribution is -0.116. The van der Waals surface area contributed by atoms with Crippen LogP contribution >= 0.6 is 12.4 Å². The lowest BCUT2D eigenvalue weighted by Crippen LogP contribution is -2.20. The molecule has 4 nitrogen and oxygen atoms in total. The number of rotatable bonds is 7. The first-order valence-electron chi connectivity index (χ1n) is 7.46. The summed E-state index contributed by atoms with van der Waals surface area (Å²) in [6, 6.07) is 17.3. The highest BCUT2D eigenvalue weighted by atomic mass is 35.5. The molecular weight excluding hydrogens is 312 g/mol. The number of amides is 1. The highest BCUT2D eigenvalue weighted by Crippen LogP contribution is 2.18. The summed E-state index contributed by atoms with van der Waals surface area (Å²) in [7, 11) is 0. The van der Waals surface area contributed by atoms with E-state index in [9.17, 15) is 4.79 Å². The van der Waals surface area contributed by atoms with Crippen molar-refractivity contribution < 1.29 is 9.53 Å². The Balaban J connectivity index is 0.00000264. The average Bonchev–Trinajstić information content (AvgIpc) is 2.53. The molecule has 0 saturated heterocycles. The molecule has 0 aliphatic heterocycles. The van der Waals surface area contributed by atoms with Gasteiger partial charge in [0.05, 0.1) is 0 Å². The molecule has 0 aliphatic carbocycles. The standard InChI is InChI=1S/C18H22N2O2.ClH/c1-14(19)11-12-18(21)20-17-10-6-5-7-15(17)13-22-16-8-3-2-4-9-16;/h2-10,14H,11-13,19H2,1H3,(H,20,21);1H. The Morgan fingerprint density at radius 1 is 1.13 bits per heavy atom. The topological polar surface area (TPSA) is 64.4 Å². The number of hydrogen-bond donors (Lipinski definition) is 2. The lowest BCUT2D eigenvalue weighted by Gasteiger charge is -2.12. The summed E-state index contributed by atoms with van der Waals surface area (Å²) < 4.78 is 5.74. The van der Waals surface area contributed by atoms with Gasteiger partial charge >= 0.3 is 0 Å². The first kappa shape index (κ1) is 19.0. The average molecular weight is 335 g/mol. The summed E-state index contributed by atoms with van der Waals surface area (Å²) >= 11 is 0. The fourth-order valence-corrected chi connectivity index (χ4v) is 2.02. The fourth-order valence-electron chi connectivity index (χ4n) is 2.02. The molecule has 5 heteroatoms. The second-order valence-corrected chi connectivity index (χ2v) is 5.32. The molecule has 1 atom stereocenters. The van der Waals surface area contributed by atoms with Crippen LogP contribution in [0.15, 0.2) is 54.6 Å². The number of nitrogens with two attached hydrogens (primary N) is 1. The van der Waals surface area contributed by atoms with Gasteiger partial charge in [0.25, 0.3) is 0 Å². The van der Waals surface area contributed by atoms with Crippen LogP contribution in [0.1, 0.15) is 25.3 Å². The molecular formula is C18H23ClN2O2. The second kappa shape index (κ2) is 9.87. The number of carbonyl (C=O) groups excluding carboxylic acids is 1. The Labute approximate surface area is 143 Å². The lowest BCUT2D eigenvalue weighted by atomic mass is 10.1. The summed E-state index contributed by atoms with van der Waals surface area (Å²) in [6.07, 6.45) is 1.10. The number of anilines is 1. The fraction of sp³-hybridized carbons (Fsp3) is 0.278. The van der Waals surface area contributed by atoms with Crippen molar-refractivity contribution in [1.29, 1.82) is 0 Å². The number of halogens is 1. The van der Waals surface area contributed by atoms with Crippen LogP contribution in [0, 0.1) is 0 Å². The third-order valence-electron chi connectivity index (χ3n) is 3.26. The number of hydrogen-bond acceptors (Lipinski definition) is 3. The summed E-state index contributed by atoms with van der Waals surface area (Å²) in [5.74, 6) is 0.782. The summed E-state index contributed by atoms with van der Waals surface area (Å²) in [4.78, 5) is 11.9. The number of carbonyl (C=O) groups is 1. The molecule has 23 heavy (non-hydrogen) atoms. The highest BCUT2D eigenvalue weighted by Gasteiger charge is 2.08. The van der Waals surface area contributed by atoms with E-state index in [2.05, 4.69) is 5.32 Å². The van der Waals surface area contributed by atoms with Gasteiger partial charge in [-0.1, -0.05) is 36.4 Å². The summed E-state index contributed by atoms with van der Waals surface area (Å²) in [6.45, 7) is 2.31. The highest BCUT2D eigenvalue weighted by molar-refractivity contribution is 5.91. The van der Waals surface area contributed by atoms with Crippen LogP contribution in [-0.2, 0) is 11.4 Å². The zero-order chi connectivity index (χ0) is 15.8. The van der Waals surface area contributed by atoms with E-state index in [-0.39, 0.29) is 24.4 Å². The quantitative estimate of drug-likeness (QED) is 0.810. The first-order chi connectivity index (χ1) is 10.6. The van der Waals surface area contributed by atoms with E-state index in [4.69, 9.17) is 10.5 Å². The number of nitrogens with one attached hydrogen (secondary N) is 1. The molecule has 2 aromatic carbocycles. The molecule has 1 unspecified atom stereocenters. The van der Waals surface area contributed by atoms with E-state index < -0.39 is 0 Å². The van der Waals surface area contributed by atoms with Crippen LogP contribution < -0.4 is 15.8 Å². The Kier molecular flexibility index (Phi) is 8.16. The second-order valence-electron chi connectivity index (χ2n) is 5.32. The largest absolute Gasteiger partial charge is 0.489 e. The van der Waals surface area contributed by atoms with Crippen molar-refractivity contribution in [3.05, 3.63) is 60.2 Å². The molecule has 1 amide bonds. The van der Waals surface area contributed by atoms with Gasteiger partial charge in [0.15, 0.2) is 0 Å². The molecule has 3 N–H and O–H groups in total. The van der Waals surface area contributed by atoms with Crippen molar-refractivity contribution >= 4 is 24.0 Å². The van der Waals surface area contributed by atoms with Gasteiger partial charge in [0.1, 0.15) is 12.4 Å². The smallest absolute Gasteiger partial charge is 0.224 e. The van der Waals surface area contributed by atoms with Crippen molar-refractivity contribution in [2.75, 3.05) is 5.32 Å². The van der Waals surface area contributed by atoms with Crippen LogP contribution in [-0.4, -0.2) is 11.9 Å². The minimum atomic E-state index is -0.0236. The monoisotopic (exact) mass is 334 g/mol. The van der Waals surface area contributed by atoms with Crippen LogP contribution in [0.4, 0.5) is 5.69 Å². The van der Waals surface area contributed by atoms with E-state index in [1.165, 1.54) is 0 Å². The predicted octanol–water partition coefficient (Wildman–Crippen LogP) is 3.75. The Morgan fingerprint density at radius 2 is 1.78 bits per heavy atom. The maximum absolute atomic E-state index is 11.9. The van der Waals surface area contributed by atoms with Crippen LogP contribution in [0.5, 0.6) is 5.75 Å². The zero-order valence-electron chi connectivity index (χ0n) is 13.2. The minimum Gasteiger partial charge on any atom is -0.489 e. The van der Waals surface area contributed by atoms with Gasteiger partial charge in [-0.15, -0.1) is 12.4 Å². The molecule has 124 valence electrons. The molecule has 0 spiro atoms. The van der Waals surface area contributed by atoms with E-state index in [0.717, 1.165) is 17.0 Å². The molecule has 0 saturated carbocycles. The molecule has 2 aromatic rings. The van der Waals surface area contributed by atoms with Crippen LogP contribution in [0.2, 0.25) is 0 Å². The van der Waals surface area contributed by atoms with Crippen molar-refractivity contribution in [3.8, 4) is 5.75 Å². The zero-order valence-corrected chi connectivity index (χ0v) is 14.0. The van der Waals surface area contributed by atoms with Gasteiger partial charge < -0.3 is 15.8 Å². The van der Waals surface area contributed by atoms with Gasteiger partial charge in [-0.25, -0.2) is 0 Å². The Morgan fingerprint density at radius 3 is 2.48 bits per heavy atom. The molecule has 2 rings (SSSR count). The minimum absolute atomic E-state index is 0. The summed E-state index contributed by atoms with van der Waals surface area (Å²) in [5, 5.41) is 2.93. The third-order valence-corrected chi connectivity index (χ3v) is 3.26. The van der Waals surface area contributed by atoms with Crippen LogP contribution in [0.3, 0.4) is 0 Å². The molecule has 0 aliphatic rings. The van der Waals surface area contributed by atoms with Gasteiger partial charge in [-0.05, 0) is 31.5 Å². The SMILES string of the molecule is CC(N)CCC(=O)Nc1ccccc1COc1ccccc1.Cl. The number of ether oxygens (including phenoxy) is 1. The van der Waals surface area contributed by atoms with Gasteiger partial charge in [-0.2, -0.15) is 0 Å². The van der Waals surface area contributed by atoms with Crippen molar-refractivity contribution in [3.63, 3.8) is 0 Å². The predicted molar refractivity (Wildman–Crippen MR) is 96.0 cm³/mol. The molecule has 0 bridgehead atoms. The van der Waals surface area contributed by atoms with Crippen molar-refractivity contribution in [1.82, 2.24) is 0 Å². The van der Waals surface area contributed by atoms with E-state index in [1.54, 1.807) is 0 Å². The number of para-hydroxylation sites is 2. The van der Waals surface area contributed by atoms with Crippen molar-refractivity contribution in [2.45, 2.75) is 32.4 Å². The van der Waals surface area contributed by atoms with Crippen molar-refractivity contribution in [2.24, 2.45) is 5.73 Å². The van der Waals surface area contributed by atoms with E-state index >= 15 is 0 Å². The summed E-state index contributed by atoms with van der Waals surface area (Å²) in [5.41, 5.74) is 7.41. The van der Waals surface area contributed by atoms with E-state index in [1.807, 2.05) is 61.5 Å². The maximum atomic E-state index is 11.9. The first-order valence-corrected chi connectivity index (χ1v) is 7.46. The maximum Gasteiger partial charge on any atom is 0.224 e. The number of benzene rings is 2. The normalized spacial score (nSPS) is 11.2. The van der Waals surface area contributed by atoms with Gasteiger partial charge in [0.2, 0.25) is 5.91 Å².